The summed E-state index contributed by atoms with van der Waals surface area (Å²) in [5.41, 5.74) is 0.536. The maximum absolute atomic E-state index is 12.0. The molecular formula is C12H16O3S. The third kappa shape index (κ3) is 2.92. The summed E-state index contributed by atoms with van der Waals surface area (Å²) < 4.78 is 10.4. The van der Waals surface area contributed by atoms with Gasteiger partial charge in [0.15, 0.2) is 5.78 Å². The van der Waals surface area contributed by atoms with Gasteiger partial charge in [-0.2, -0.15) is 11.8 Å². The number of rotatable bonds is 6. The first kappa shape index (κ1) is 12.9. The first-order valence-corrected chi connectivity index (χ1v) is 6.22. The lowest BCUT2D eigenvalue weighted by molar-refractivity contribution is 0.101. The molecule has 0 aliphatic carbocycles. The summed E-state index contributed by atoms with van der Waals surface area (Å²) in [6, 6.07) is 5.35. The normalized spacial score (nSPS) is 9.94. The molecule has 1 aromatic rings. The van der Waals surface area contributed by atoms with Gasteiger partial charge in [0.2, 0.25) is 0 Å². The number of Topliss-reactive ketones (excluding diaryl/α,β-unsaturated/α-hetero) is 1. The Kier molecular flexibility index (Phi) is 5.19. The molecule has 0 unspecified atom stereocenters. The third-order valence-corrected chi connectivity index (χ3v) is 3.02. The SMILES string of the molecule is CCSCC(=O)c1c(OC)cccc1OC. The van der Waals surface area contributed by atoms with Crippen molar-refractivity contribution in [2.75, 3.05) is 25.7 Å². The number of methoxy groups -OCH3 is 2. The van der Waals surface area contributed by atoms with Crippen LogP contribution in [0.4, 0.5) is 0 Å². The second-order valence-corrected chi connectivity index (χ2v) is 4.37. The zero-order valence-electron chi connectivity index (χ0n) is 9.78. The van der Waals surface area contributed by atoms with Crippen LogP contribution in [0, 0.1) is 0 Å². The van der Waals surface area contributed by atoms with Crippen LogP contribution in [0.5, 0.6) is 11.5 Å². The number of ether oxygens (including phenoxy) is 2. The predicted octanol–water partition coefficient (Wildman–Crippen LogP) is 2.64. The van der Waals surface area contributed by atoms with Gasteiger partial charge in [-0.1, -0.05) is 13.0 Å². The lowest BCUT2D eigenvalue weighted by atomic mass is 10.1. The molecule has 0 aromatic heterocycles. The van der Waals surface area contributed by atoms with Gasteiger partial charge in [-0.25, -0.2) is 0 Å². The number of hydrogen-bond donors (Lipinski definition) is 0. The Balaban J connectivity index is 3.03. The van der Waals surface area contributed by atoms with E-state index in [1.807, 2.05) is 6.92 Å². The Hall–Kier alpha value is -1.16. The van der Waals surface area contributed by atoms with Gasteiger partial charge in [0, 0.05) is 0 Å². The second-order valence-electron chi connectivity index (χ2n) is 3.10. The zero-order chi connectivity index (χ0) is 12.0. The van der Waals surface area contributed by atoms with Crippen LogP contribution in [0.15, 0.2) is 18.2 Å². The fourth-order valence-corrected chi connectivity index (χ4v) is 1.93. The largest absolute Gasteiger partial charge is 0.496 e. The Morgan fingerprint density at radius 2 is 1.81 bits per heavy atom. The Bertz CT molecular complexity index is 341. The average molecular weight is 240 g/mol. The van der Waals surface area contributed by atoms with Crippen molar-refractivity contribution in [3.8, 4) is 11.5 Å². The molecule has 4 heteroatoms. The fourth-order valence-electron chi connectivity index (χ4n) is 1.39. The van der Waals surface area contributed by atoms with Crippen molar-refractivity contribution >= 4 is 17.5 Å². The van der Waals surface area contributed by atoms with Crippen LogP contribution in [0.3, 0.4) is 0 Å². The molecule has 0 aliphatic rings. The van der Waals surface area contributed by atoms with E-state index in [2.05, 4.69) is 0 Å². The van der Waals surface area contributed by atoms with E-state index in [4.69, 9.17) is 9.47 Å². The monoisotopic (exact) mass is 240 g/mol. The molecule has 0 saturated heterocycles. The van der Waals surface area contributed by atoms with E-state index in [0.717, 1.165) is 5.75 Å². The molecule has 0 radical (unpaired) electrons. The first-order valence-electron chi connectivity index (χ1n) is 5.06. The molecule has 0 heterocycles. The van der Waals surface area contributed by atoms with Gasteiger partial charge in [-0.3, -0.25) is 4.79 Å². The molecular weight excluding hydrogens is 224 g/mol. The summed E-state index contributed by atoms with van der Waals surface area (Å²) in [7, 11) is 3.11. The minimum absolute atomic E-state index is 0.0427. The molecule has 0 amide bonds. The minimum Gasteiger partial charge on any atom is -0.496 e. The van der Waals surface area contributed by atoms with E-state index in [-0.39, 0.29) is 5.78 Å². The van der Waals surface area contributed by atoms with E-state index in [1.165, 1.54) is 0 Å². The van der Waals surface area contributed by atoms with Crippen molar-refractivity contribution in [1.29, 1.82) is 0 Å². The van der Waals surface area contributed by atoms with Gasteiger partial charge in [0.1, 0.15) is 17.1 Å². The quantitative estimate of drug-likeness (QED) is 0.716. The van der Waals surface area contributed by atoms with Crippen LogP contribution in [-0.4, -0.2) is 31.5 Å². The van der Waals surface area contributed by atoms with E-state index >= 15 is 0 Å². The molecule has 16 heavy (non-hydrogen) atoms. The van der Waals surface area contributed by atoms with Gasteiger partial charge in [0.05, 0.1) is 20.0 Å². The van der Waals surface area contributed by atoms with Gasteiger partial charge < -0.3 is 9.47 Å². The highest BCUT2D eigenvalue weighted by Gasteiger charge is 2.17. The molecule has 88 valence electrons. The lowest BCUT2D eigenvalue weighted by Crippen LogP contribution is -2.07. The topological polar surface area (TPSA) is 35.5 Å². The number of ketones is 1. The summed E-state index contributed by atoms with van der Waals surface area (Å²) >= 11 is 1.59. The van der Waals surface area contributed by atoms with E-state index in [1.54, 1.807) is 44.2 Å². The van der Waals surface area contributed by atoms with Crippen LogP contribution in [0.2, 0.25) is 0 Å². The summed E-state index contributed by atoms with van der Waals surface area (Å²) in [6.45, 7) is 2.03. The van der Waals surface area contributed by atoms with Crippen molar-refractivity contribution in [2.24, 2.45) is 0 Å². The molecule has 0 aliphatic heterocycles. The number of benzene rings is 1. The number of hydrogen-bond acceptors (Lipinski definition) is 4. The van der Waals surface area contributed by atoms with E-state index < -0.39 is 0 Å². The molecule has 3 nitrogen and oxygen atoms in total. The van der Waals surface area contributed by atoms with Crippen LogP contribution in [0.1, 0.15) is 17.3 Å². The second kappa shape index (κ2) is 6.43. The summed E-state index contributed by atoms with van der Waals surface area (Å²) in [5, 5.41) is 0. The smallest absolute Gasteiger partial charge is 0.180 e. The molecule has 0 atom stereocenters. The Morgan fingerprint density at radius 1 is 1.25 bits per heavy atom. The highest BCUT2D eigenvalue weighted by molar-refractivity contribution is 7.99. The van der Waals surface area contributed by atoms with Crippen molar-refractivity contribution in [3.63, 3.8) is 0 Å². The number of carbonyl (C=O) groups is 1. The summed E-state index contributed by atoms with van der Waals surface area (Å²) in [5.74, 6) is 2.56. The van der Waals surface area contributed by atoms with Crippen molar-refractivity contribution < 1.29 is 14.3 Å². The molecule has 0 bridgehead atoms. The van der Waals surface area contributed by atoms with Crippen molar-refractivity contribution in [2.45, 2.75) is 6.92 Å². The van der Waals surface area contributed by atoms with Gasteiger partial charge in [-0.05, 0) is 17.9 Å². The molecule has 0 spiro atoms. The average Bonchev–Trinajstić information content (AvgIpc) is 2.34. The Labute approximate surface area is 100 Å². The minimum atomic E-state index is 0.0427. The van der Waals surface area contributed by atoms with E-state index in [9.17, 15) is 4.79 Å². The van der Waals surface area contributed by atoms with Gasteiger partial charge in [0.25, 0.3) is 0 Å². The summed E-state index contributed by atoms with van der Waals surface area (Å²) in [4.78, 5) is 12.0. The number of carbonyl (C=O) groups excluding carboxylic acids is 1. The van der Waals surface area contributed by atoms with Gasteiger partial charge in [-0.15, -0.1) is 0 Å². The Morgan fingerprint density at radius 3 is 2.25 bits per heavy atom. The van der Waals surface area contributed by atoms with E-state index in [0.29, 0.717) is 22.8 Å². The molecule has 1 aromatic carbocycles. The van der Waals surface area contributed by atoms with Crippen molar-refractivity contribution in [3.05, 3.63) is 23.8 Å². The van der Waals surface area contributed by atoms with Crippen LogP contribution < -0.4 is 9.47 Å². The molecule has 1 rings (SSSR count). The fraction of sp³-hybridized carbons (Fsp3) is 0.417. The van der Waals surface area contributed by atoms with Gasteiger partial charge >= 0.3 is 0 Å². The molecule has 0 saturated carbocycles. The van der Waals surface area contributed by atoms with Crippen molar-refractivity contribution in [1.82, 2.24) is 0 Å². The maximum atomic E-state index is 12.0. The zero-order valence-corrected chi connectivity index (χ0v) is 10.6. The third-order valence-electron chi connectivity index (χ3n) is 2.14. The molecule has 0 N–H and O–H groups in total. The number of thioether (sulfide) groups is 1. The lowest BCUT2D eigenvalue weighted by Gasteiger charge is -2.11. The van der Waals surface area contributed by atoms with Crippen LogP contribution >= 0.6 is 11.8 Å². The highest BCUT2D eigenvalue weighted by atomic mass is 32.2. The summed E-state index contributed by atoms with van der Waals surface area (Å²) in [6.07, 6.45) is 0. The van der Waals surface area contributed by atoms with Crippen LogP contribution in [-0.2, 0) is 0 Å². The standard InChI is InChI=1S/C12H16O3S/c1-4-16-8-9(13)12-10(14-2)6-5-7-11(12)15-3/h5-7H,4,8H2,1-3H3. The maximum Gasteiger partial charge on any atom is 0.180 e. The molecule has 0 fully saturated rings. The van der Waals surface area contributed by atoms with Crippen LogP contribution in [0.25, 0.3) is 0 Å². The highest BCUT2D eigenvalue weighted by Crippen LogP contribution is 2.29. The predicted molar refractivity (Wildman–Crippen MR) is 66.9 cm³/mol. The first-order chi connectivity index (χ1) is 7.74.